The summed E-state index contributed by atoms with van der Waals surface area (Å²) in [5.74, 6) is -1.37. The van der Waals surface area contributed by atoms with E-state index in [0.717, 1.165) is 14.8 Å². The summed E-state index contributed by atoms with van der Waals surface area (Å²) in [7, 11) is 0. The summed E-state index contributed by atoms with van der Waals surface area (Å²) in [6.45, 7) is 15.2. The van der Waals surface area contributed by atoms with E-state index in [1.54, 1.807) is 23.6 Å². The molecule has 0 aliphatic carbocycles. The van der Waals surface area contributed by atoms with Crippen LogP contribution in [0.15, 0.2) is 47.2 Å². The molecule has 2 atom stereocenters. The first kappa shape index (κ1) is 36.2. The van der Waals surface area contributed by atoms with E-state index in [-0.39, 0.29) is 116 Å². The molecule has 2 heterocycles. The van der Waals surface area contributed by atoms with E-state index in [4.69, 9.17) is 28.3 Å². The smallest absolute Gasteiger partial charge is 1.00 e. The van der Waals surface area contributed by atoms with Gasteiger partial charge in [0.05, 0.1) is 19.2 Å². The third kappa shape index (κ3) is 10.0. The fraction of sp³-hybridized carbons (Fsp3) is 0.130. The van der Waals surface area contributed by atoms with Gasteiger partial charge in [0, 0.05) is 25.9 Å². The number of carboxylic acids is 1. The van der Waals surface area contributed by atoms with Crippen molar-refractivity contribution in [2.75, 3.05) is 5.32 Å². The quantitative estimate of drug-likeness (QED) is 0.0877. The number of aliphatic carboxylic acids is 1. The molecule has 1 unspecified atom stereocenters. The first-order valence-electron chi connectivity index (χ1n) is 9.59. The zero-order chi connectivity index (χ0) is 26.0. The average molecular weight is 594 g/mol. The van der Waals surface area contributed by atoms with Gasteiger partial charge in [-0.3, -0.25) is 4.79 Å². The second-order valence-corrected chi connectivity index (χ2v) is 8.47. The second-order valence-electron chi connectivity index (χ2n) is 6.64. The van der Waals surface area contributed by atoms with E-state index in [2.05, 4.69) is 19.9 Å². The van der Waals surface area contributed by atoms with Crippen molar-refractivity contribution in [3.8, 4) is 0 Å². The number of thiophene rings is 2. The summed E-state index contributed by atoms with van der Waals surface area (Å²) >= 11 is 2.83. The van der Waals surface area contributed by atoms with Crippen molar-refractivity contribution in [1.82, 2.24) is 0 Å². The van der Waals surface area contributed by atoms with E-state index >= 15 is 0 Å². The van der Waals surface area contributed by atoms with Crippen LogP contribution in [0.5, 0.6) is 0 Å². The topological polar surface area (TPSA) is 128 Å². The maximum Gasteiger partial charge on any atom is 1.00 e. The van der Waals surface area contributed by atoms with Gasteiger partial charge in [-0.25, -0.2) is 18.9 Å². The number of fused-ring (bicyclic) bond motifs is 2. The van der Waals surface area contributed by atoms with Crippen LogP contribution in [0, 0.1) is 19.0 Å². The maximum absolute atomic E-state index is 13.0. The molecule has 0 spiro atoms. The second kappa shape index (κ2) is 18.5. The Labute approximate surface area is 306 Å². The van der Waals surface area contributed by atoms with Gasteiger partial charge in [0.15, 0.2) is 6.04 Å². The number of nitrogens with one attached hydrogen (secondary N) is 1. The van der Waals surface area contributed by atoms with Gasteiger partial charge in [0.1, 0.15) is 5.82 Å². The number of anilines is 1. The van der Waals surface area contributed by atoms with Crippen molar-refractivity contribution in [3.63, 3.8) is 0 Å². The van der Waals surface area contributed by atoms with Crippen molar-refractivity contribution >= 4 is 72.3 Å². The number of hydrogen-bond acceptors (Lipinski definition) is 8. The summed E-state index contributed by atoms with van der Waals surface area (Å²) in [4.78, 5) is 29.1. The van der Waals surface area contributed by atoms with E-state index in [9.17, 15) is 14.3 Å². The number of aliphatic hydroxyl groups excluding tert-OH is 1. The minimum absolute atomic E-state index is 0. The number of nitrogens with zero attached hydrogens (tertiary/aromatic N) is 2. The van der Waals surface area contributed by atoms with Crippen LogP contribution in [-0.4, -0.2) is 34.8 Å². The first-order valence-corrected chi connectivity index (χ1v) is 11.3. The Morgan fingerprint density at radius 2 is 1.57 bits per heavy atom. The third-order valence-corrected chi connectivity index (χ3v) is 6.35. The summed E-state index contributed by atoms with van der Waals surface area (Å²) in [5, 5.41) is 34.8. The summed E-state index contributed by atoms with van der Waals surface area (Å²) in [5.41, 5.74) is 1.68. The molecule has 0 aliphatic rings. The summed E-state index contributed by atoms with van der Waals surface area (Å²) in [6.07, 6.45) is -1.02. The van der Waals surface area contributed by atoms with Crippen LogP contribution in [0.4, 0.5) is 21.5 Å². The van der Waals surface area contributed by atoms with Gasteiger partial charge >= 0.3 is 109 Å². The summed E-state index contributed by atoms with van der Waals surface area (Å²) < 4.78 is 14.6. The van der Waals surface area contributed by atoms with Gasteiger partial charge in [-0.2, -0.15) is 22.7 Å². The monoisotopic (exact) mass is 593 g/mol. The molecular weight excluding hydrogens is 576 g/mol. The van der Waals surface area contributed by atoms with Gasteiger partial charge in [-0.05, 0) is 41.9 Å². The van der Waals surface area contributed by atoms with Crippen LogP contribution in [0.3, 0.4) is 0 Å². The Hall–Kier alpha value is -0.797. The van der Waals surface area contributed by atoms with Crippen LogP contribution in [0.2, 0.25) is 0 Å². The zero-order valence-electron chi connectivity index (χ0n) is 21.0. The van der Waals surface area contributed by atoms with E-state index in [0.29, 0.717) is 22.4 Å². The average Bonchev–Trinajstić information content (AvgIpc) is 3.54. The molecule has 14 heteroatoms. The van der Waals surface area contributed by atoms with Gasteiger partial charge < -0.3 is 27.1 Å². The Kier molecular flexibility index (Phi) is 18.1. The van der Waals surface area contributed by atoms with Gasteiger partial charge in [0.2, 0.25) is 11.4 Å². The number of hydrogen-bond donors (Lipinski definition) is 3. The Balaban J connectivity index is 0. The molecule has 2 aromatic heterocycles. The molecular formula is C23H18FK2N3O6S2. The van der Waals surface area contributed by atoms with Crippen LogP contribution in [0.1, 0.15) is 8.35 Å². The zero-order valence-corrected chi connectivity index (χ0v) is 27.8. The normalized spacial score (nSPS) is 10.9. The number of rotatable bonds is 5. The standard InChI is InChI=1S/C13H12N2O3S.C9H4FNS.CH2O3.2K.H/c1-7(16)11(13(17)18)15-9-3-4-10(14-2)12-8(9)5-6-19-12;1-11-8-3-2-7(10)6-4-5-12-9(6)8;2-1-4-3;;;/h3-7,11,15-16H,1H3,(H,17,18);2-5H;1,3H;;;/q;;;2*+1;-1/p-1/t7-,11?;;;;;/m1...../s1. The number of benzene rings is 2. The number of halogens is 1. The van der Waals surface area contributed by atoms with Crippen molar-refractivity contribution in [2.45, 2.75) is 19.1 Å². The van der Waals surface area contributed by atoms with Gasteiger partial charge in [0.25, 0.3) is 6.47 Å². The maximum atomic E-state index is 13.0. The molecule has 9 nitrogen and oxygen atoms in total. The van der Waals surface area contributed by atoms with Crippen molar-refractivity contribution in [2.24, 2.45) is 0 Å². The van der Waals surface area contributed by atoms with Crippen LogP contribution in [0.25, 0.3) is 29.9 Å². The molecule has 0 bridgehead atoms. The molecule has 182 valence electrons. The molecule has 0 saturated heterocycles. The fourth-order valence-electron chi connectivity index (χ4n) is 2.92. The third-order valence-electron chi connectivity index (χ3n) is 4.48. The van der Waals surface area contributed by atoms with Gasteiger partial charge in [-0.15, -0.1) is 0 Å². The van der Waals surface area contributed by atoms with E-state index < -0.39 is 18.1 Å². The predicted octanol–water partition coefficient (Wildman–Crippen LogP) is -1.16. The molecule has 2 aromatic carbocycles. The Morgan fingerprint density at radius 3 is 2.03 bits per heavy atom. The molecule has 0 fully saturated rings. The molecule has 3 N–H and O–H groups in total. The van der Waals surface area contributed by atoms with Crippen LogP contribution in [-0.2, 0) is 14.5 Å². The minimum atomic E-state index is -1.12. The molecule has 0 radical (unpaired) electrons. The number of aliphatic hydroxyl groups is 1. The minimum Gasteiger partial charge on any atom is -1.00 e. The van der Waals surface area contributed by atoms with Gasteiger partial charge in [-0.1, -0.05) is 12.1 Å². The van der Waals surface area contributed by atoms with E-state index in [1.807, 2.05) is 11.4 Å². The van der Waals surface area contributed by atoms with Crippen LogP contribution < -0.4 is 113 Å². The largest absolute Gasteiger partial charge is 1.00 e. The number of carbonyl (C=O) groups is 2. The number of carbonyl (C=O) groups excluding carboxylic acids is 1. The number of carboxylic acid groups (broad SMARTS) is 1. The molecule has 4 rings (SSSR count). The predicted molar refractivity (Wildman–Crippen MR) is 131 cm³/mol. The van der Waals surface area contributed by atoms with Crippen molar-refractivity contribution < 1.29 is 139 Å². The molecule has 0 saturated carbocycles. The molecule has 37 heavy (non-hydrogen) atoms. The molecule has 0 aliphatic heterocycles. The Bertz CT molecular complexity index is 1420. The first-order chi connectivity index (χ1) is 16.8. The molecule has 4 aromatic rings. The van der Waals surface area contributed by atoms with Crippen LogP contribution >= 0.6 is 22.7 Å². The van der Waals surface area contributed by atoms with Crippen molar-refractivity contribution in [1.29, 1.82) is 0 Å². The van der Waals surface area contributed by atoms with Crippen molar-refractivity contribution in [3.05, 3.63) is 75.8 Å². The SMILES string of the molecule is O=CO[O-].[C-]#[N+]c1ccc(F)c2ccsc12.[C-]#[N+]c1ccc(NC(C(=O)O)[C@@H](C)O)c2ccsc12.[H-].[K+].[K+]. The fourth-order valence-corrected chi connectivity index (χ4v) is 4.67. The van der Waals surface area contributed by atoms with E-state index in [1.165, 1.54) is 41.7 Å². The molecule has 0 amide bonds. The summed E-state index contributed by atoms with van der Waals surface area (Å²) in [6, 6.07) is 8.61. The Morgan fingerprint density at radius 1 is 1.08 bits per heavy atom.